The first kappa shape index (κ1) is 16.2. The molecule has 21 heavy (non-hydrogen) atoms. The second-order valence-corrected chi connectivity index (χ2v) is 6.76. The van der Waals surface area contributed by atoms with Gasteiger partial charge in [0.1, 0.15) is 6.61 Å². The average Bonchev–Trinajstić information content (AvgIpc) is 2.90. The fourth-order valence-corrected chi connectivity index (χ4v) is 2.35. The maximum atomic E-state index is 5.66. The Kier molecular flexibility index (Phi) is 5.53. The van der Waals surface area contributed by atoms with Crippen LogP contribution in [0.4, 0.5) is 0 Å². The van der Waals surface area contributed by atoms with E-state index in [2.05, 4.69) is 41.0 Å². The predicted octanol–water partition coefficient (Wildman–Crippen LogP) is 2.15. The third-order valence-corrected chi connectivity index (χ3v) is 3.71. The molecule has 1 aliphatic rings. The molecular formula is C16H28N4O. The molecular weight excluding hydrogens is 264 g/mol. The van der Waals surface area contributed by atoms with Gasteiger partial charge in [0.15, 0.2) is 0 Å². The van der Waals surface area contributed by atoms with E-state index in [-0.39, 0.29) is 5.54 Å². The number of hydrogen-bond acceptors (Lipinski definition) is 5. The van der Waals surface area contributed by atoms with Crippen LogP contribution in [0.15, 0.2) is 6.20 Å². The van der Waals surface area contributed by atoms with Gasteiger partial charge in [0.25, 0.3) is 0 Å². The van der Waals surface area contributed by atoms with E-state index in [1.165, 1.54) is 25.9 Å². The van der Waals surface area contributed by atoms with Crippen molar-refractivity contribution in [1.29, 1.82) is 0 Å². The summed E-state index contributed by atoms with van der Waals surface area (Å²) >= 11 is 0. The molecule has 2 rings (SSSR count). The molecule has 2 heterocycles. The number of hydrogen-bond donors (Lipinski definition) is 1. The molecule has 0 saturated carbocycles. The highest BCUT2D eigenvalue weighted by molar-refractivity contribution is 5.17. The number of aryl methyl sites for hydroxylation is 1. The summed E-state index contributed by atoms with van der Waals surface area (Å²) in [6.45, 7) is 13.3. The molecule has 118 valence electrons. The molecule has 5 nitrogen and oxygen atoms in total. The predicted molar refractivity (Wildman–Crippen MR) is 84.5 cm³/mol. The lowest BCUT2D eigenvalue weighted by Crippen LogP contribution is -2.35. The summed E-state index contributed by atoms with van der Waals surface area (Å²) in [5, 5.41) is 3.45. The first-order valence-electron chi connectivity index (χ1n) is 7.87. The monoisotopic (exact) mass is 292 g/mol. The quantitative estimate of drug-likeness (QED) is 0.870. The first-order valence-corrected chi connectivity index (χ1v) is 7.87. The molecule has 0 bridgehead atoms. The molecule has 0 aliphatic carbocycles. The normalized spacial score (nSPS) is 16.4. The Labute approximate surface area is 128 Å². The second kappa shape index (κ2) is 7.18. The van der Waals surface area contributed by atoms with Gasteiger partial charge in [-0.3, -0.25) is 4.90 Å². The van der Waals surface area contributed by atoms with E-state index in [0.717, 1.165) is 24.3 Å². The minimum atomic E-state index is 0.0946. The van der Waals surface area contributed by atoms with Gasteiger partial charge in [-0.1, -0.05) is 0 Å². The third kappa shape index (κ3) is 5.59. The maximum absolute atomic E-state index is 5.66. The Bertz CT molecular complexity index is 450. The Morgan fingerprint density at radius 1 is 1.29 bits per heavy atom. The van der Waals surface area contributed by atoms with Gasteiger partial charge in [-0.25, -0.2) is 9.97 Å². The molecule has 1 N–H and O–H groups in total. The zero-order valence-electron chi connectivity index (χ0n) is 13.8. The zero-order valence-corrected chi connectivity index (χ0v) is 13.8. The molecule has 0 amide bonds. The number of nitrogens with zero attached hydrogens (tertiary/aromatic N) is 3. The summed E-state index contributed by atoms with van der Waals surface area (Å²) in [4.78, 5) is 11.2. The van der Waals surface area contributed by atoms with Gasteiger partial charge in [0.2, 0.25) is 0 Å². The van der Waals surface area contributed by atoms with Crippen molar-refractivity contribution in [2.75, 3.05) is 26.2 Å². The van der Waals surface area contributed by atoms with Crippen LogP contribution in [-0.2, 0) is 6.54 Å². The molecule has 5 heteroatoms. The highest BCUT2D eigenvalue weighted by Gasteiger charge is 2.12. The van der Waals surface area contributed by atoms with Gasteiger partial charge in [0, 0.05) is 36.1 Å². The van der Waals surface area contributed by atoms with Crippen LogP contribution in [0.2, 0.25) is 0 Å². The summed E-state index contributed by atoms with van der Waals surface area (Å²) in [5.41, 5.74) is 2.20. The SMILES string of the molecule is Cc1nc(OCCN2CCCC2)ncc1CNC(C)(C)C. The highest BCUT2D eigenvalue weighted by atomic mass is 16.5. The van der Waals surface area contributed by atoms with Crippen LogP contribution in [0.25, 0.3) is 0 Å². The van der Waals surface area contributed by atoms with Crippen LogP contribution in [0.3, 0.4) is 0 Å². The van der Waals surface area contributed by atoms with Crippen LogP contribution < -0.4 is 10.1 Å². The molecule has 1 aromatic rings. The van der Waals surface area contributed by atoms with E-state index < -0.39 is 0 Å². The van der Waals surface area contributed by atoms with Crippen molar-refractivity contribution < 1.29 is 4.74 Å². The number of likely N-dealkylation sites (tertiary alicyclic amines) is 1. The standard InChI is InChI=1S/C16H28N4O/c1-13-14(12-18-16(2,3)4)11-17-15(19-13)21-10-9-20-7-5-6-8-20/h11,18H,5-10,12H2,1-4H3. The summed E-state index contributed by atoms with van der Waals surface area (Å²) in [6.07, 6.45) is 4.49. The minimum absolute atomic E-state index is 0.0946. The second-order valence-electron chi connectivity index (χ2n) is 6.76. The third-order valence-electron chi connectivity index (χ3n) is 3.71. The van der Waals surface area contributed by atoms with Crippen molar-refractivity contribution in [2.45, 2.75) is 52.6 Å². The Morgan fingerprint density at radius 2 is 2.00 bits per heavy atom. The lowest BCUT2D eigenvalue weighted by atomic mass is 10.1. The average molecular weight is 292 g/mol. The van der Waals surface area contributed by atoms with Crippen molar-refractivity contribution in [3.63, 3.8) is 0 Å². The van der Waals surface area contributed by atoms with Crippen LogP contribution in [-0.4, -0.2) is 46.6 Å². The fourth-order valence-electron chi connectivity index (χ4n) is 2.35. The number of rotatable bonds is 6. The molecule has 0 unspecified atom stereocenters. The van der Waals surface area contributed by atoms with Crippen molar-refractivity contribution in [1.82, 2.24) is 20.2 Å². The van der Waals surface area contributed by atoms with Crippen molar-refractivity contribution in [2.24, 2.45) is 0 Å². The van der Waals surface area contributed by atoms with E-state index in [1.54, 1.807) is 0 Å². The Morgan fingerprint density at radius 3 is 2.62 bits per heavy atom. The Hall–Kier alpha value is -1.20. The molecule has 0 atom stereocenters. The van der Waals surface area contributed by atoms with Gasteiger partial charge in [-0.2, -0.15) is 0 Å². The highest BCUT2D eigenvalue weighted by Crippen LogP contribution is 2.11. The van der Waals surface area contributed by atoms with Gasteiger partial charge in [-0.15, -0.1) is 0 Å². The van der Waals surface area contributed by atoms with Crippen LogP contribution in [0, 0.1) is 6.92 Å². The number of ether oxygens (including phenoxy) is 1. The van der Waals surface area contributed by atoms with E-state index in [4.69, 9.17) is 4.74 Å². The van der Waals surface area contributed by atoms with Crippen LogP contribution in [0.5, 0.6) is 6.01 Å². The lowest BCUT2D eigenvalue weighted by Gasteiger charge is -2.21. The number of aromatic nitrogens is 2. The van der Waals surface area contributed by atoms with Gasteiger partial charge in [0.05, 0.1) is 0 Å². The smallest absolute Gasteiger partial charge is 0.316 e. The van der Waals surface area contributed by atoms with E-state index in [9.17, 15) is 0 Å². The molecule has 1 aliphatic heterocycles. The summed E-state index contributed by atoms with van der Waals surface area (Å²) < 4.78 is 5.66. The van der Waals surface area contributed by atoms with Gasteiger partial charge < -0.3 is 10.1 Å². The zero-order chi connectivity index (χ0) is 15.3. The maximum Gasteiger partial charge on any atom is 0.316 e. The van der Waals surface area contributed by atoms with Crippen molar-refractivity contribution >= 4 is 0 Å². The molecule has 1 fully saturated rings. The molecule has 0 spiro atoms. The fraction of sp³-hybridized carbons (Fsp3) is 0.750. The largest absolute Gasteiger partial charge is 0.462 e. The molecule has 1 aromatic heterocycles. The summed E-state index contributed by atoms with van der Waals surface area (Å²) in [5.74, 6) is 0. The van der Waals surface area contributed by atoms with Crippen LogP contribution in [0.1, 0.15) is 44.9 Å². The van der Waals surface area contributed by atoms with Crippen LogP contribution >= 0.6 is 0 Å². The van der Waals surface area contributed by atoms with Crippen molar-refractivity contribution in [3.8, 4) is 6.01 Å². The first-order chi connectivity index (χ1) is 9.94. The van der Waals surface area contributed by atoms with E-state index in [1.807, 2.05) is 13.1 Å². The molecule has 0 aromatic carbocycles. The molecule has 1 saturated heterocycles. The summed E-state index contributed by atoms with van der Waals surface area (Å²) in [6, 6.07) is 0.492. The minimum Gasteiger partial charge on any atom is -0.462 e. The summed E-state index contributed by atoms with van der Waals surface area (Å²) in [7, 11) is 0. The van der Waals surface area contributed by atoms with E-state index in [0.29, 0.717) is 12.6 Å². The molecule has 0 radical (unpaired) electrons. The number of nitrogens with one attached hydrogen (secondary N) is 1. The van der Waals surface area contributed by atoms with Crippen molar-refractivity contribution in [3.05, 3.63) is 17.5 Å². The Balaban J connectivity index is 1.80. The van der Waals surface area contributed by atoms with Gasteiger partial charge >= 0.3 is 6.01 Å². The van der Waals surface area contributed by atoms with E-state index >= 15 is 0 Å². The topological polar surface area (TPSA) is 50.3 Å². The lowest BCUT2D eigenvalue weighted by molar-refractivity contribution is 0.225. The van der Waals surface area contributed by atoms with Gasteiger partial charge in [-0.05, 0) is 53.6 Å².